The van der Waals surface area contributed by atoms with E-state index in [9.17, 15) is 9.90 Å². The average molecular weight is 234 g/mol. The van der Waals surface area contributed by atoms with Gasteiger partial charge in [-0.1, -0.05) is 13.0 Å². The molecule has 1 heterocycles. The summed E-state index contributed by atoms with van der Waals surface area (Å²) in [6, 6.07) is 5.36. The topological polar surface area (TPSA) is 66.6 Å². The average Bonchev–Trinajstić information content (AvgIpc) is 2.36. The summed E-state index contributed by atoms with van der Waals surface area (Å²) < 4.78 is 0. The van der Waals surface area contributed by atoms with Gasteiger partial charge in [0, 0.05) is 25.6 Å². The number of phenolic OH excluding ortho intramolecular Hbond substituents is 1. The van der Waals surface area contributed by atoms with E-state index < -0.39 is 0 Å². The maximum atomic E-state index is 12.0. The Kier molecular flexibility index (Phi) is 3.33. The van der Waals surface area contributed by atoms with Crippen LogP contribution in [0.15, 0.2) is 18.2 Å². The molecule has 0 radical (unpaired) electrons. The highest BCUT2D eigenvalue weighted by Gasteiger charge is 2.23. The van der Waals surface area contributed by atoms with E-state index in [1.165, 1.54) is 5.56 Å². The van der Waals surface area contributed by atoms with Crippen LogP contribution in [-0.4, -0.2) is 29.0 Å². The van der Waals surface area contributed by atoms with Crippen LogP contribution in [0.2, 0.25) is 0 Å². The quantitative estimate of drug-likeness (QED) is 0.798. The number of hydrogen-bond donors (Lipinski definition) is 2. The predicted molar refractivity (Wildman–Crippen MR) is 65.4 cm³/mol. The van der Waals surface area contributed by atoms with Crippen molar-refractivity contribution in [3.8, 4) is 5.75 Å². The van der Waals surface area contributed by atoms with E-state index in [0.717, 1.165) is 18.5 Å². The number of aromatic hydroxyl groups is 1. The van der Waals surface area contributed by atoms with Crippen molar-refractivity contribution in [2.24, 2.45) is 11.7 Å². The summed E-state index contributed by atoms with van der Waals surface area (Å²) in [5.41, 5.74) is 7.76. The molecule has 0 saturated carbocycles. The molecule has 1 amide bonds. The van der Waals surface area contributed by atoms with Gasteiger partial charge < -0.3 is 15.7 Å². The Morgan fingerprint density at radius 2 is 2.29 bits per heavy atom. The van der Waals surface area contributed by atoms with Crippen molar-refractivity contribution in [1.29, 1.82) is 0 Å². The summed E-state index contributed by atoms with van der Waals surface area (Å²) in [7, 11) is 0. The van der Waals surface area contributed by atoms with Gasteiger partial charge in [0.2, 0.25) is 5.91 Å². The van der Waals surface area contributed by atoms with Crippen LogP contribution in [0.3, 0.4) is 0 Å². The summed E-state index contributed by atoms with van der Waals surface area (Å²) in [5, 5.41) is 9.45. The molecule has 0 fully saturated rings. The van der Waals surface area contributed by atoms with Gasteiger partial charge in [-0.3, -0.25) is 4.79 Å². The van der Waals surface area contributed by atoms with Crippen LogP contribution in [0.5, 0.6) is 5.75 Å². The summed E-state index contributed by atoms with van der Waals surface area (Å²) >= 11 is 0. The molecule has 17 heavy (non-hydrogen) atoms. The Hall–Kier alpha value is -1.55. The van der Waals surface area contributed by atoms with Crippen molar-refractivity contribution in [3.05, 3.63) is 29.3 Å². The van der Waals surface area contributed by atoms with E-state index in [1.807, 2.05) is 17.9 Å². The smallest absolute Gasteiger partial charge is 0.226 e. The summed E-state index contributed by atoms with van der Waals surface area (Å²) in [4.78, 5) is 13.8. The van der Waals surface area contributed by atoms with Crippen molar-refractivity contribution in [2.75, 3.05) is 13.1 Å². The molecule has 0 aromatic heterocycles. The molecule has 92 valence electrons. The molecule has 0 spiro atoms. The number of nitrogens with zero attached hydrogens (tertiary/aromatic N) is 1. The van der Waals surface area contributed by atoms with E-state index in [0.29, 0.717) is 13.1 Å². The second-order valence-electron chi connectivity index (χ2n) is 4.60. The van der Waals surface area contributed by atoms with E-state index in [-0.39, 0.29) is 17.6 Å². The van der Waals surface area contributed by atoms with Gasteiger partial charge in [-0.2, -0.15) is 0 Å². The highest BCUT2D eigenvalue weighted by Crippen LogP contribution is 2.23. The van der Waals surface area contributed by atoms with Crippen LogP contribution in [0.1, 0.15) is 18.1 Å². The molecule has 0 saturated heterocycles. The highest BCUT2D eigenvalue weighted by molar-refractivity contribution is 5.79. The van der Waals surface area contributed by atoms with Crippen molar-refractivity contribution < 1.29 is 9.90 Å². The van der Waals surface area contributed by atoms with Crippen LogP contribution >= 0.6 is 0 Å². The van der Waals surface area contributed by atoms with Crippen molar-refractivity contribution in [1.82, 2.24) is 4.90 Å². The van der Waals surface area contributed by atoms with Crippen molar-refractivity contribution >= 4 is 5.91 Å². The minimum Gasteiger partial charge on any atom is -0.508 e. The fraction of sp³-hybridized carbons (Fsp3) is 0.462. The summed E-state index contributed by atoms with van der Waals surface area (Å²) in [6.07, 6.45) is 0.846. The van der Waals surface area contributed by atoms with E-state index in [2.05, 4.69) is 0 Å². The van der Waals surface area contributed by atoms with E-state index in [4.69, 9.17) is 5.73 Å². The lowest BCUT2D eigenvalue weighted by Gasteiger charge is -2.30. The lowest BCUT2D eigenvalue weighted by molar-refractivity contribution is -0.135. The Bertz CT molecular complexity index is 431. The van der Waals surface area contributed by atoms with Gasteiger partial charge in [-0.15, -0.1) is 0 Å². The first kappa shape index (κ1) is 11.9. The Labute approximate surface area is 101 Å². The highest BCUT2D eigenvalue weighted by atomic mass is 16.3. The molecule has 1 aliphatic heterocycles. The van der Waals surface area contributed by atoms with E-state index in [1.54, 1.807) is 12.1 Å². The second kappa shape index (κ2) is 4.75. The number of rotatable bonds is 2. The molecule has 0 bridgehead atoms. The molecule has 1 aromatic carbocycles. The number of benzene rings is 1. The second-order valence-corrected chi connectivity index (χ2v) is 4.60. The molecule has 1 aliphatic rings. The maximum absolute atomic E-state index is 12.0. The Morgan fingerprint density at radius 1 is 1.53 bits per heavy atom. The van der Waals surface area contributed by atoms with Gasteiger partial charge in [0.1, 0.15) is 5.75 Å². The number of carbonyl (C=O) groups is 1. The van der Waals surface area contributed by atoms with Crippen LogP contribution in [0.25, 0.3) is 0 Å². The molecule has 1 unspecified atom stereocenters. The normalized spacial score (nSPS) is 16.5. The van der Waals surface area contributed by atoms with Gasteiger partial charge in [-0.25, -0.2) is 0 Å². The zero-order valence-corrected chi connectivity index (χ0v) is 10.0. The molecule has 1 atom stereocenters. The minimum absolute atomic E-state index is 0.0986. The van der Waals surface area contributed by atoms with Crippen molar-refractivity contribution in [3.63, 3.8) is 0 Å². The largest absolute Gasteiger partial charge is 0.508 e. The monoisotopic (exact) mass is 234 g/mol. The number of phenols is 1. The minimum atomic E-state index is -0.131. The first-order valence-electron chi connectivity index (χ1n) is 5.91. The third-order valence-corrected chi connectivity index (χ3v) is 3.29. The molecule has 0 aliphatic carbocycles. The Balaban J connectivity index is 2.15. The molecule has 4 nitrogen and oxygen atoms in total. The maximum Gasteiger partial charge on any atom is 0.226 e. The predicted octanol–water partition coefficient (Wildman–Crippen LogP) is 0.872. The first-order chi connectivity index (χ1) is 8.11. The third-order valence-electron chi connectivity index (χ3n) is 3.29. The molecule has 2 rings (SSSR count). The number of nitrogens with two attached hydrogens (primary N) is 1. The van der Waals surface area contributed by atoms with Crippen LogP contribution in [-0.2, 0) is 17.8 Å². The lowest BCUT2D eigenvalue weighted by atomic mass is 9.98. The van der Waals surface area contributed by atoms with Crippen LogP contribution in [0.4, 0.5) is 0 Å². The number of amides is 1. The van der Waals surface area contributed by atoms with Gasteiger partial charge in [0.15, 0.2) is 0 Å². The Morgan fingerprint density at radius 3 is 3.00 bits per heavy atom. The molecular weight excluding hydrogens is 216 g/mol. The number of fused-ring (bicyclic) bond motifs is 1. The first-order valence-corrected chi connectivity index (χ1v) is 5.91. The lowest BCUT2D eigenvalue weighted by Crippen LogP contribution is -2.40. The van der Waals surface area contributed by atoms with E-state index >= 15 is 0 Å². The standard InChI is InChI=1S/C13H18N2O2/c1-9(7-14)13(17)15-5-4-10-2-3-12(16)6-11(10)8-15/h2-3,6,9,16H,4-5,7-8,14H2,1H3. The number of carbonyl (C=O) groups excluding carboxylic acids is 1. The fourth-order valence-corrected chi connectivity index (χ4v) is 2.14. The third kappa shape index (κ3) is 2.42. The summed E-state index contributed by atoms with van der Waals surface area (Å²) in [6.45, 7) is 3.54. The van der Waals surface area contributed by atoms with Gasteiger partial charge in [0.25, 0.3) is 0 Å². The molecule has 3 N–H and O–H groups in total. The van der Waals surface area contributed by atoms with Crippen LogP contribution in [0, 0.1) is 5.92 Å². The SMILES string of the molecule is CC(CN)C(=O)N1CCc2ccc(O)cc2C1. The zero-order chi connectivity index (χ0) is 12.4. The summed E-state index contributed by atoms with van der Waals surface area (Å²) in [5.74, 6) is 0.222. The van der Waals surface area contributed by atoms with Gasteiger partial charge in [0.05, 0.1) is 0 Å². The van der Waals surface area contributed by atoms with Gasteiger partial charge >= 0.3 is 0 Å². The number of hydrogen-bond acceptors (Lipinski definition) is 3. The molecule has 1 aromatic rings. The van der Waals surface area contributed by atoms with Crippen LogP contribution < -0.4 is 5.73 Å². The molecular formula is C13H18N2O2. The van der Waals surface area contributed by atoms with Gasteiger partial charge in [-0.05, 0) is 29.7 Å². The zero-order valence-electron chi connectivity index (χ0n) is 10.0. The fourth-order valence-electron chi connectivity index (χ4n) is 2.14. The molecule has 4 heteroatoms. The van der Waals surface area contributed by atoms with Crippen molar-refractivity contribution in [2.45, 2.75) is 19.9 Å².